The molecule has 1 aliphatic carbocycles. The normalized spacial score (nSPS) is 17.2. The summed E-state index contributed by atoms with van der Waals surface area (Å²) in [6.45, 7) is -0.688. The Balaban J connectivity index is 2.14. The molecule has 0 heterocycles. The van der Waals surface area contributed by atoms with E-state index in [-0.39, 0.29) is 13.2 Å². The van der Waals surface area contributed by atoms with Crippen LogP contribution in [0.3, 0.4) is 0 Å². The molecule has 0 saturated heterocycles. The van der Waals surface area contributed by atoms with Crippen LogP contribution >= 0.6 is 0 Å². The maximum Gasteiger partial charge on any atom is 0.319 e. The quantitative estimate of drug-likeness (QED) is 0.491. The summed E-state index contributed by atoms with van der Waals surface area (Å²) in [4.78, 5) is 22.1. The summed E-state index contributed by atoms with van der Waals surface area (Å²) in [5.74, 6) is -1.71. The van der Waals surface area contributed by atoms with Crippen molar-refractivity contribution < 1.29 is 28.2 Å². The first kappa shape index (κ1) is 12.8. The fourth-order valence-corrected chi connectivity index (χ4v) is 1.24. The third-order valence-corrected chi connectivity index (χ3v) is 2.37. The van der Waals surface area contributed by atoms with E-state index < -0.39 is 30.3 Å². The van der Waals surface area contributed by atoms with E-state index in [1.165, 1.54) is 0 Å². The molecule has 0 spiro atoms. The van der Waals surface area contributed by atoms with Gasteiger partial charge in [-0.05, 0) is 12.8 Å². The van der Waals surface area contributed by atoms with Crippen molar-refractivity contribution in [3.63, 3.8) is 0 Å². The van der Waals surface area contributed by atoms with Gasteiger partial charge in [0.15, 0.2) is 0 Å². The van der Waals surface area contributed by atoms with Crippen molar-refractivity contribution in [2.45, 2.75) is 19.3 Å². The number of hydrogen-bond acceptors (Lipinski definition) is 3. The molecule has 0 radical (unpaired) electrons. The van der Waals surface area contributed by atoms with Gasteiger partial charge in [0.25, 0.3) is 6.43 Å². The van der Waals surface area contributed by atoms with Gasteiger partial charge in [0.2, 0.25) is 5.91 Å². The molecule has 7 heteroatoms. The van der Waals surface area contributed by atoms with E-state index in [1.54, 1.807) is 0 Å². The predicted octanol–water partition coefficient (Wildman–Crippen LogP) is 0.249. The summed E-state index contributed by atoms with van der Waals surface area (Å²) in [7, 11) is 0. The average Bonchev–Trinajstić information content (AvgIpc) is 2.96. The molecule has 92 valence electrons. The Morgan fingerprint density at radius 2 is 2.06 bits per heavy atom. The predicted molar refractivity (Wildman–Crippen MR) is 49.1 cm³/mol. The van der Waals surface area contributed by atoms with Gasteiger partial charge in [-0.25, -0.2) is 8.78 Å². The van der Waals surface area contributed by atoms with E-state index in [0.29, 0.717) is 12.8 Å². The number of aliphatic carboxylic acids is 1. The zero-order chi connectivity index (χ0) is 12.2. The van der Waals surface area contributed by atoms with Crippen molar-refractivity contribution >= 4 is 11.9 Å². The Kier molecular flexibility index (Phi) is 4.17. The molecule has 5 nitrogen and oxygen atoms in total. The highest BCUT2D eigenvalue weighted by molar-refractivity contribution is 6.04. The molecule has 0 aromatic rings. The number of amides is 1. The number of carboxylic acid groups (broad SMARTS) is 1. The third kappa shape index (κ3) is 3.13. The van der Waals surface area contributed by atoms with Gasteiger partial charge in [-0.1, -0.05) is 0 Å². The molecule has 16 heavy (non-hydrogen) atoms. The smallest absolute Gasteiger partial charge is 0.319 e. The Morgan fingerprint density at radius 1 is 1.44 bits per heavy atom. The minimum absolute atomic E-state index is 0.0422. The molecule has 0 aromatic carbocycles. The molecule has 0 bridgehead atoms. The maximum atomic E-state index is 11.6. The van der Waals surface area contributed by atoms with Crippen molar-refractivity contribution in [1.29, 1.82) is 0 Å². The fraction of sp³-hybridized carbons (Fsp3) is 0.778. The lowest BCUT2D eigenvalue weighted by Crippen LogP contribution is -2.38. The maximum absolute atomic E-state index is 11.6. The minimum atomic E-state index is -2.54. The van der Waals surface area contributed by atoms with Crippen LogP contribution in [0.15, 0.2) is 0 Å². The highest BCUT2D eigenvalue weighted by Crippen LogP contribution is 2.45. The Hall–Kier alpha value is -1.24. The van der Waals surface area contributed by atoms with Gasteiger partial charge < -0.3 is 15.2 Å². The van der Waals surface area contributed by atoms with Gasteiger partial charge >= 0.3 is 5.97 Å². The van der Waals surface area contributed by atoms with Crippen LogP contribution in [0.4, 0.5) is 8.78 Å². The van der Waals surface area contributed by atoms with E-state index in [4.69, 9.17) is 5.11 Å². The lowest BCUT2D eigenvalue weighted by Gasteiger charge is -2.10. The number of carbonyl (C=O) groups excluding carboxylic acids is 1. The van der Waals surface area contributed by atoms with Gasteiger partial charge in [-0.15, -0.1) is 0 Å². The summed E-state index contributed by atoms with van der Waals surface area (Å²) in [6.07, 6.45) is -1.89. The zero-order valence-electron chi connectivity index (χ0n) is 8.54. The Bertz CT molecular complexity index is 279. The van der Waals surface area contributed by atoms with Gasteiger partial charge in [-0.2, -0.15) is 0 Å². The van der Waals surface area contributed by atoms with Crippen molar-refractivity contribution in [1.82, 2.24) is 5.32 Å². The van der Waals surface area contributed by atoms with Gasteiger partial charge in [0, 0.05) is 6.54 Å². The molecule has 0 aliphatic heterocycles. The van der Waals surface area contributed by atoms with Gasteiger partial charge in [-0.3, -0.25) is 9.59 Å². The lowest BCUT2D eigenvalue weighted by atomic mass is 10.1. The number of alkyl halides is 2. The van der Waals surface area contributed by atoms with Crippen LogP contribution < -0.4 is 5.32 Å². The van der Waals surface area contributed by atoms with E-state index in [2.05, 4.69) is 10.1 Å². The molecule has 1 aliphatic rings. The van der Waals surface area contributed by atoms with E-state index in [1.807, 2.05) is 0 Å². The second kappa shape index (κ2) is 5.20. The van der Waals surface area contributed by atoms with E-state index in [9.17, 15) is 18.4 Å². The molecular formula is C9H13F2NO4. The number of hydrogen-bond donors (Lipinski definition) is 2. The van der Waals surface area contributed by atoms with E-state index in [0.717, 1.165) is 0 Å². The Morgan fingerprint density at radius 3 is 2.50 bits per heavy atom. The molecule has 1 saturated carbocycles. The van der Waals surface area contributed by atoms with Crippen LogP contribution in [-0.4, -0.2) is 43.2 Å². The summed E-state index contributed by atoms with van der Waals surface area (Å²) in [5.41, 5.74) is -1.29. The molecule has 2 N–H and O–H groups in total. The van der Waals surface area contributed by atoms with Crippen LogP contribution in [0.1, 0.15) is 12.8 Å². The Labute approximate surface area is 90.8 Å². The number of carbonyl (C=O) groups is 2. The molecule has 1 amide bonds. The topological polar surface area (TPSA) is 75.6 Å². The molecule has 1 rings (SSSR count). The summed E-state index contributed by atoms with van der Waals surface area (Å²) in [6, 6.07) is 0. The number of ether oxygens (including phenoxy) is 1. The number of nitrogens with one attached hydrogen (secondary N) is 1. The van der Waals surface area contributed by atoms with Crippen molar-refractivity contribution in [3.05, 3.63) is 0 Å². The molecule has 0 aromatic heterocycles. The van der Waals surface area contributed by atoms with Crippen LogP contribution in [0.5, 0.6) is 0 Å². The van der Waals surface area contributed by atoms with Crippen molar-refractivity contribution in [3.8, 4) is 0 Å². The lowest BCUT2D eigenvalue weighted by molar-refractivity contribution is -0.149. The van der Waals surface area contributed by atoms with E-state index >= 15 is 0 Å². The first-order chi connectivity index (χ1) is 7.49. The number of rotatable bonds is 7. The molecular weight excluding hydrogens is 224 g/mol. The average molecular weight is 237 g/mol. The van der Waals surface area contributed by atoms with Crippen LogP contribution in [0, 0.1) is 5.41 Å². The van der Waals surface area contributed by atoms with Crippen LogP contribution in [-0.2, 0) is 14.3 Å². The SMILES string of the molecule is O=C(O)C1(C(=O)NCCOCC(F)F)CC1. The van der Waals surface area contributed by atoms with Gasteiger partial charge in [0.1, 0.15) is 12.0 Å². The summed E-state index contributed by atoms with van der Waals surface area (Å²) in [5, 5.41) is 11.1. The summed E-state index contributed by atoms with van der Waals surface area (Å²) < 4.78 is 27.8. The highest BCUT2D eigenvalue weighted by atomic mass is 19.3. The monoisotopic (exact) mass is 237 g/mol. The summed E-state index contributed by atoms with van der Waals surface area (Å²) >= 11 is 0. The first-order valence-corrected chi connectivity index (χ1v) is 4.86. The third-order valence-electron chi connectivity index (χ3n) is 2.37. The zero-order valence-corrected chi connectivity index (χ0v) is 8.54. The van der Waals surface area contributed by atoms with Crippen LogP contribution in [0.2, 0.25) is 0 Å². The van der Waals surface area contributed by atoms with Crippen LogP contribution in [0.25, 0.3) is 0 Å². The standard InChI is InChI=1S/C9H13F2NO4/c10-6(11)5-16-4-3-12-7(13)9(1-2-9)8(14)15/h6H,1-5H2,(H,12,13)(H,14,15). The van der Waals surface area contributed by atoms with Crippen molar-refractivity contribution in [2.75, 3.05) is 19.8 Å². The molecule has 0 unspecified atom stereocenters. The second-order valence-electron chi connectivity index (χ2n) is 3.61. The minimum Gasteiger partial charge on any atom is -0.480 e. The largest absolute Gasteiger partial charge is 0.480 e. The number of carboxylic acids is 1. The fourth-order valence-electron chi connectivity index (χ4n) is 1.24. The molecule has 1 fully saturated rings. The van der Waals surface area contributed by atoms with Gasteiger partial charge in [0.05, 0.1) is 6.61 Å². The second-order valence-corrected chi connectivity index (χ2v) is 3.61. The number of halogens is 2. The molecule has 0 atom stereocenters. The van der Waals surface area contributed by atoms with Crippen molar-refractivity contribution in [2.24, 2.45) is 5.41 Å². The highest BCUT2D eigenvalue weighted by Gasteiger charge is 2.56. The first-order valence-electron chi connectivity index (χ1n) is 4.86.